The third-order valence-electron chi connectivity index (χ3n) is 6.65. The lowest BCUT2D eigenvalue weighted by Crippen LogP contribution is -2.39. The maximum Gasteiger partial charge on any atom is 0.261 e. The molecule has 0 bridgehead atoms. The second kappa shape index (κ2) is 11.5. The van der Waals surface area contributed by atoms with E-state index in [0.29, 0.717) is 18.9 Å². The summed E-state index contributed by atoms with van der Waals surface area (Å²) in [6.07, 6.45) is 1.13. The molecule has 35 heavy (non-hydrogen) atoms. The summed E-state index contributed by atoms with van der Waals surface area (Å²) in [6.45, 7) is 10.9. The Balaban J connectivity index is 1.63. The Bertz CT molecular complexity index is 1130. The largest absolute Gasteiger partial charge is 0.481 e. The number of carbonyl (C=O) groups excluding carboxylic acids is 1. The van der Waals surface area contributed by atoms with E-state index < -0.39 is 6.10 Å². The summed E-state index contributed by atoms with van der Waals surface area (Å²) in [5, 5.41) is 3.02. The van der Waals surface area contributed by atoms with E-state index >= 15 is 0 Å². The Morgan fingerprint density at radius 2 is 1.86 bits per heavy atom. The van der Waals surface area contributed by atoms with Crippen molar-refractivity contribution in [3.63, 3.8) is 0 Å². The molecule has 0 saturated carbocycles. The van der Waals surface area contributed by atoms with E-state index in [1.54, 1.807) is 0 Å². The van der Waals surface area contributed by atoms with E-state index in [1.165, 1.54) is 27.8 Å². The van der Waals surface area contributed by atoms with Crippen molar-refractivity contribution in [2.75, 3.05) is 13.1 Å². The molecule has 0 saturated heterocycles. The highest BCUT2D eigenvalue weighted by molar-refractivity contribution is 5.81. The Hall–Kier alpha value is -3.11. The number of fused-ring (bicyclic) bond motifs is 1. The fourth-order valence-corrected chi connectivity index (χ4v) is 4.86. The van der Waals surface area contributed by atoms with Crippen LogP contribution in [0.15, 0.2) is 72.8 Å². The van der Waals surface area contributed by atoms with Crippen molar-refractivity contribution in [1.82, 2.24) is 10.2 Å². The van der Waals surface area contributed by atoms with Gasteiger partial charge in [-0.15, -0.1) is 0 Å². The summed E-state index contributed by atoms with van der Waals surface area (Å²) in [5.41, 5.74) is 6.51. The number of rotatable bonds is 9. The smallest absolute Gasteiger partial charge is 0.261 e. The zero-order chi connectivity index (χ0) is 24.8. The molecule has 2 atom stereocenters. The summed E-state index contributed by atoms with van der Waals surface area (Å²) in [4.78, 5) is 15.3. The topological polar surface area (TPSA) is 41.6 Å². The lowest BCUT2D eigenvalue weighted by Gasteiger charge is -2.38. The average molecular weight is 471 g/mol. The number of nitrogens with zero attached hydrogens (tertiary/aromatic N) is 1. The molecule has 4 rings (SSSR count). The highest BCUT2D eigenvalue weighted by Crippen LogP contribution is 2.38. The fraction of sp³-hybridized carbons (Fsp3) is 0.387. The first-order valence-corrected chi connectivity index (χ1v) is 12.9. The summed E-state index contributed by atoms with van der Waals surface area (Å²) in [6, 6.07) is 26.0. The second-order valence-electron chi connectivity index (χ2n) is 10.0. The Kier molecular flexibility index (Phi) is 8.25. The van der Waals surface area contributed by atoms with E-state index in [2.05, 4.69) is 97.7 Å². The van der Waals surface area contributed by atoms with Gasteiger partial charge in [0.1, 0.15) is 5.75 Å². The zero-order valence-electron chi connectivity index (χ0n) is 21.5. The predicted molar refractivity (Wildman–Crippen MR) is 143 cm³/mol. The molecule has 3 aromatic rings. The van der Waals surface area contributed by atoms with Crippen LogP contribution in [0.1, 0.15) is 61.1 Å². The van der Waals surface area contributed by atoms with Crippen LogP contribution >= 0.6 is 0 Å². The van der Waals surface area contributed by atoms with E-state index in [1.807, 2.05) is 13.0 Å². The Morgan fingerprint density at radius 1 is 1.06 bits per heavy atom. The van der Waals surface area contributed by atoms with Crippen molar-refractivity contribution in [3.8, 4) is 5.75 Å². The molecule has 0 spiro atoms. The molecule has 0 aromatic heterocycles. The Morgan fingerprint density at radius 3 is 2.57 bits per heavy atom. The third-order valence-corrected chi connectivity index (χ3v) is 6.65. The van der Waals surface area contributed by atoms with Crippen LogP contribution in [0.3, 0.4) is 0 Å². The maximum atomic E-state index is 12.7. The molecule has 0 fully saturated rings. The first-order chi connectivity index (χ1) is 16.9. The molecule has 4 heteroatoms. The molecular formula is C31H38N2O2. The number of aryl methyl sites for hydroxylation is 1. The molecule has 1 aliphatic heterocycles. The van der Waals surface area contributed by atoms with Crippen molar-refractivity contribution >= 4 is 5.91 Å². The highest BCUT2D eigenvalue weighted by atomic mass is 16.5. The SMILES string of the molecule is CCC(Oc1ccc2c(c1)C(c1ccccc1)N(Cc1cccc(C)c1)CC2)C(=O)NCC(C)C. The van der Waals surface area contributed by atoms with Gasteiger partial charge in [-0.2, -0.15) is 0 Å². The van der Waals surface area contributed by atoms with Crippen LogP contribution in [0.5, 0.6) is 5.75 Å². The van der Waals surface area contributed by atoms with Gasteiger partial charge in [-0.1, -0.05) is 87.0 Å². The third kappa shape index (κ3) is 6.32. The van der Waals surface area contributed by atoms with Gasteiger partial charge >= 0.3 is 0 Å². The average Bonchev–Trinajstić information content (AvgIpc) is 2.86. The summed E-state index contributed by atoms with van der Waals surface area (Å²) < 4.78 is 6.25. The summed E-state index contributed by atoms with van der Waals surface area (Å²) in [7, 11) is 0. The molecule has 0 radical (unpaired) electrons. The van der Waals surface area contributed by atoms with E-state index in [4.69, 9.17) is 4.74 Å². The van der Waals surface area contributed by atoms with Gasteiger partial charge in [0, 0.05) is 19.6 Å². The van der Waals surface area contributed by atoms with E-state index in [-0.39, 0.29) is 11.9 Å². The lowest BCUT2D eigenvalue weighted by atomic mass is 9.87. The van der Waals surface area contributed by atoms with Crippen LogP contribution in [-0.4, -0.2) is 30.0 Å². The number of ether oxygens (including phenoxy) is 1. The molecule has 3 aromatic carbocycles. The minimum absolute atomic E-state index is 0.0420. The molecular weight excluding hydrogens is 432 g/mol. The lowest BCUT2D eigenvalue weighted by molar-refractivity contribution is -0.128. The van der Waals surface area contributed by atoms with E-state index in [9.17, 15) is 4.79 Å². The van der Waals surface area contributed by atoms with Crippen molar-refractivity contribution in [1.29, 1.82) is 0 Å². The van der Waals surface area contributed by atoms with Crippen LogP contribution in [0, 0.1) is 12.8 Å². The fourth-order valence-electron chi connectivity index (χ4n) is 4.86. The normalized spacial score (nSPS) is 16.5. The van der Waals surface area contributed by atoms with Crippen LogP contribution in [-0.2, 0) is 17.8 Å². The van der Waals surface area contributed by atoms with Crippen LogP contribution in [0.25, 0.3) is 0 Å². The minimum atomic E-state index is -0.492. The molecule has 1 amide bonds. The molecule has 1 heterocycles. The monoisotopic (exact) mass is 470 g/mol. The van der Waals surface area contributed by atoms with Crippen molar-refractivity contribution in [2.45, 2.75) is 59.2 Å². The van der Waals surface area contributed by atoms with Crippen LogP contribution in [0.2, 0.25) is 0 Å². The second-order valence-corrected chi connectivity index (χ2v) is 10.0. The van der Waals surface area contributed by atoms with Crippen molar-refractivity contribution in [3.05, 3.63) is 101 Å². The standard InChI is InChI=1S/C31H38N2O2/c1-5-29(31(34)32-20-22(2)3)35-27-15-14-25-16-17-33(21-24-11-9-10-23(4)18-24)30(28(25)19-27)26-12-7-6-8-13-26/h6-15,18-19,22,29-30H,5,16-17,20-21H2,1-4H3,(H,32,34). The molecule has 1 N–H and O–H groups in total. The molecule has 4 nitrogen and oxygen atoms in total. The predicted octanol–water partition coefficient (Wildman–Crippen LogP) is 6.07. The van der Waals surface area contributed by atoms with Gasteiger partial charge in [-0.05, 0) is 60.1 Å². The molecule has 2 unspecified atom stereocenters. The molecule has 1 aliphatic rings. The molecule has 0 aliphatic carbocycles. The van der Waals surface area contributed by atoms with Crippen molar-refractivity contribution < 1.29 is 9.53 Å². The van der Waals surface area contributed by atoms with Crippen LogP contribution in [0.4, 0.5) is 0 Å². The quantitative estimate of drug-likeness (QED) is 0.413. The van der Waals surface area contributed by atoms with Gasteiger partial charge in [-0.3, -0.25) is 9.69 Å². The first kappa shape index (κ1) is 25.0. The minimum Gasteiger partial charge on any atom is -0.481 e. The van der Waals surface area contributed by atoms with Gasteiger partial charge < -0.3 is 10.1 Å². The zero-order valence-corrected chi connectivity index (χ0v) is 21.5. The number of benzene rings is 3. The van der Waals surface area contributed by atoms with Gasteiger partial charge in [0.05, 0.1) is 6.04 Å². The van der Waals surface area contributed by atoms with Gasteiger partial charge in [0.2, 0.25) is 0 Å². The summed E-state index contributed by atoms with van der Waals surface area (Å²) in [5.74, 6) is 1.12. The van der Waals surface area contributed by atoms with Crippen LogP contribution < -0.4 is 10.1 Å². The van der Waals surface area contributed by atoms with Gasteiger partial charge in [0.15, 0.2) is 6.10 Å². The number of hydrogen-bond acceptors (Lipinski definition) is 3. The number of amides is 1. The number of nitrogens with one attached hydrogen (secondary N) is 1. The summed E-state index contributed by atoms with van der Waals surface area (Å²) >= 11 is 0. The van der Waals surface area contributed by atoms with Gasteiger partial charge in [0.25, 0.3) is 5.91 Å². The number of carbonyl (C=O) groups is 1. The van der Waals surface area contributed by atoms with E-state index in [0.717, 1.165) is 25.3 Å². The maximum absolute atomic E-state index is 12.7. The first-order valence-electron chi connectivity index (χ1n) is 12.9. The highest BCUT2D eigenvalue weighted by Gasteiger charge is 2.30. The van der Waals surface area contributed by atoms with Gasteiger partial charge in [-0.25, -0.2) is 0 Å². The van der Waals surface area contributed by atoms with Crippen molar-refractivity contribution in [2.24, 2.45) is 5.92 Å². The number of hydrogen-bond donors (Lipinski definition) is 1. The molecule has 184 valence electrons. The Labute approximate surface area is 210 Å².